The first-order chi connectivity index (χ1) is 66.5. The zero-order chi connectivity index (χ0) is 103. The van der Waals surface area contributed by atoms with Gasteiger partial charge in [-0.1, -0.05) is 202 Å². The summed E-state index contributed by atoms with van der Waals surface area (Å²) in [6.07, 6.45) is 40.9. The Kier molecular flexibility index (Phi) is 54.9. The Bertz CT molecular complexity index is 4970. The van der Waals surface area contributed by atoms with Gasteiger partial charge in [0.05, 0.1) is 51.7 Å². The molecule has 0 saturated carbocycles. The van der Waals surface area contributed by atoms with Crippen LogP contribution >= 0.6 is 23.2 Å². The second kappa shape index (κ2) is 64.4. The van der Waals surface area contributed by atoms with Gasteiger partial charge in [-0.15, -0.1) is 0 Å². The Morgan fingerprint density at radius 3 is 0.878 bits per heavy atom. The number of hydrogen-bond donors (Lipinski definition) is 0. The first-order valence-electron chi connectivity index (χ1n) is 50.3. The Balaban J connectivity index is 0.000000327. The van der Waals surface area contributed by atoms with Crippen molar-refractivity contribution in [2.24, 2.45) is 20.6 Å². The van der Waals surface area contributed by atoms with Gasteiger partial charge in [0.15, 0.2) is 26.4 Å². The van der Waals surface area contributed by atoms with Crippen LogP contribution in [-0.4, -0.2) is 194 Å². The van der Waals surface area contributed by atoms with E-state index >= 15 is 0 Å². The average molecular weight is 1960 g/mol. The number of cyclic esters (lactones) is 4. The molecule has 0 fully saturated rings. The van der Waals surface area contributed by atoms with E-state index in [0.717, 1.165) is 170 Å². The van der Waals surface area contributed by atoms with Crippen molar-refractivity contribution in [2.75, 3.05) is 85.4 Å². The summed E-state index contributed by atoms with van der Waals surface area (Å²) in [5, 5.41) is 18.3. The molecule has 0 spiro atoms. The zero-order valence-corrected chi connectivity index (χ0v) is 89.3. The molecule has 3 unspecified atom stereocenters. The fraction of sp³-hybridized carbons (Fsp3) is 0.540. The summed E-state index contributed by atoms with van der Waals surface area (Å²) < 4.78 is 23.4. The number of allylic oxidation sites excluding steroid dienone is 12. The molecule has 26 heteroatoms. The lowest BCUT2D eigenvalue weighted by Gasteiger charge is -2.20. The van der Waals surface area contributed by atoms with Crippen molar-refractivity contribution in [2.45, 2.75) is 319 Å². The molecule has 4 aliphatic heterocycles. The summed E-state index contributed by atoms with van der Waals surface area (Å²) in [6.45, 7) is 50.4. The molecule has 4 heterocycles. The summed E-state index contributed by atoms with van der Waals surface area (Å²) in [5.41, 5.74) is 19.6. The number of rotatable bonds is 26. The number of benzene rings is 4. The zero-order valence-electron chi connectivity index (χ0n) is 87.7. The molecule has 4 amide bonds. The highest BCUT2D eigenvalue weighted by atomic mass is 35.5. The van der Waals surface area contributed by atoms with Crippen LogP contribution in [0.2, 0.25) is 10.0 Å². The number of likely N-dealkylation sites (N-methyl/N-ethyl adjacent to an activating group) is 4. The van der Waals surface area contributed by atoms with Crippen LogP contribution in [0.3, 0.4) is 0 Å². The topological polar surface area (TPSA) is 273 Å². The van der Waals surface area contributed by atoms with Crippen LogP contribution in [0.1, 0.15) is 328 Å². The summed E-state index contributed by atoms with van der Waals surface area (Å²) in [6, 6.07) is 11.9. The van der Waals surface area contributed by atoms with Crippen molar-refractivity contribution in [3.63, 3.8) is 0 Å². The third-order valence-electron chi connectivity index (χ3n) is 24.3. The summed E-state index contributed by atoms with van der Waals surface area (Å²) in [5.74, 6) is -1.78. The minimum atomic E-state index is -0.396. The molecule has 0 radical (unpaired) electrons. The molecule has 0 saturated heterocycles. The van der Waals surface area contributed by atoms with Crippen molar-refractivity contribution >= 4 is 93.6 Å². The lowest BCUT2D eigenvalue weighted by molar-refractivity contribution is -0.136. The highest BCUT2D eigenvalue weighted by Gasteiger charge is 2.29. The Hall–Kier alpha value is -11.0. The van der Waals surface area contributed by atoms with Crippen LogP contribution in [0.15, 0.2) is 152 Å². The van der Waals surface area contributed by atoms with Crippen LogP contribution in [0.25, 0.3) is 0 Å². The van der Waals surface area contributed by atoms with Crippen molar-refractivity contribution in [1.29, 1.82) is 0 Å². The number of halogens is 2. The number of carbonyl (C=O) groups is 8. The van der Waals surface area contributed by atoms with Gasteiger partial charge in [-0.3, -0.25) is 19.2 Å². The van der Waals surface area contributed by atoms with E-state index in [-0.39, 0.29) is 92.7 Å². The van der Waals surface area contributed by atoms with Gasteiger partial charge < -0.3 is 57.9 Å². The molecule has 0 aromatic heterocycles. The lowest BCUT2D eigenvalue weighted by atomic mass is 9.94. The van der Waals surface area contributed by atoms with E-state index < -0.39 is 5.97 Å². The Labute approximate surface area is 840 Å². The van der Waals surface area contributed by atoms with Gasteiger partial charge in [0, 0.05) is 107 Å². The smallest absolute Gasteiger partial charge is 0.339 e. The van der Waals surface area contributed by atoms with Crippen LogP contribution in [0.5, 0.6) is 0 Å². The number of amides is 4. The Morgan fingerprint density at radius 2 is 0.590 bits per heavy atom. The molecule has 762 valence electrons. The monoisotopic (exact) mass is 1960 g/mol. The van der Waals surface area contributed by atoms with Gasteiger partial charge in [0.2, 0.25) is 0 Å². The van der Waals surface area contributed by atoms with Crippen LogP contribution < -0.4 is 0 Å². The maximum absolute atomic E-state index is 13.4. The third kappa shape index (κ3) is 41.0. The molecule has 4 aromatic carbocycles. The van der Waals surface area contributed by atoms with Gasteiger partial charge in [-0.25, -0.2) is 19.2 Å². The highest BCUT2D eigenvalue weighted by Crippen LogP contribution is 2.34. The van der Waals surface area contributed by atoms with Crippen molar-refractivity contribution in [3.05, 3.63) is 231 Å². The fourth-order valence-corrected chi connectivity index (χ4v) is 17.5. The largest absolute Gasteiger partial charge is 0.462 e. The number of nitrogens with zero attached hydrogens (tertiary/aromatic N) is 8. The molecule has 4 aromatic rings. The molecule has 0 bridgehead atoms. The molecular formula is C113H160Cl2N8O16. The second-order valence-electron chi connectivity index (χ2n) is 36.1. The number of ether oxygens (including phenoxy) is 4. The van der Waals surface area contributed by atoms with Gasteiger partial charge >= 0.3 is 23.9 Å². The minimum Gasteiger partial charge on any atom is -0.462 e. The normalized spacial score (nSPS) is 20.3. The molecular weight excluding hydrogens is 1800 g/mol. The fourth-order valence-electron chi connectivity index (χ4n) is 17.1. The predicted molar refractivity (Wildman–Crippen MR) is 563 cm³/mol. The lowest BCUT2D eigenvalue weighted by Crippen LogP contribution is -2.33. The van der Waals surface area contributed by atoms with E-state index in [2.05, 4.69) is 105 Å². The number of hydrogen-bond acceptors (Lipinski definition) is 20. The molecule has 0 N–H and O–H groups in total. The summed E-state index contributed by atoms with van der Waals surface area (Å²) in [7, 11) is 0. The molecule has 0 aliphatic carbocycles. The van der Waals surface area contributed by atoms with Crippen LogP contribution in [0, 0.1) is 55.4 Å². The summed E-state index contributed by atoms with van der Waals surface area (Å²) in [4.78, 5) is 131. The van der Waals surface area contributed by atoms with E-state index in [1.807, 2.05) is 184 Å². The van der Waals surface area contributed by atoms with Crippen LogP contribution in [-0.2, 0) is 83.2 Å². The highest BCUT2D eigenvalue weighted by molar-refractivity contribution is 6.33. The second-order valence-corrected chi connectivity index (χ2v) is 36.8. The van der Waals surface area contributed by atoms with E-state index in [1.54, 1.807) is 19.6 Å². The van der Waals surface area contributed by atoms with E-state index in [0.29, 0.717) is 157 Å². The molecule has 3 atom stereocenters. The quantitative estimate of drug-likeness (QED) is 0.0244. The van der Waals surface area contributed by atoms with Gasteiger partial charge in [-0.05, 0) is 295 Å². The minimum absolute atomic E-state index is 0.0938. The SMILES string of the molecule is CCCC1C/C=C/CC/C(C)=C/C(=N/OCC(=O)N(CC)CC)Cc2c(Cl)c(C)cc(C)c2C(=O)O1.CCCC1C/C=C/CC/C(C)=C/C(=N/OCC(=O)N(CC)CC)Cc2cc(C)cc(C)c2C(=O)O1.CCCC1C/C=C/CC/C(C)=C/C(=N\OCC(=O)N(CC)CC)Cc2cc(C)cc(C)c2C(=O)O1.CCN(CC)C(=O)CO/N=C1\C=C(/C)CC/C=C/CCOC(=O)c2c(C)cc(C)c(Cl)c2C1. The average Bonchev–Trinajstić information content (AvgIpc) is 0.811. The summed E-state index contributed by atoms with van der Waals surface area (Å²) >= 11 is 13.4. The third-order valence-corrected chi connectivity index (χ3v) is 25.4. The van der Waals surface area contributed by atoms with Crippen LogP contribution in [0.4, 0.5) is 0 Å². The van der Waals surface area contributed by atoms with Crippen molar-refractivity contribution in [1.82, 2.24) is 19.6 Å². The van der Waals surface area contributed by atoms with Gasteiger partial charge in [0.1, 0.15) is 18.3 Å². The van der Waals surface area contributed by atoms with Gasteiger partial charge in [0.25, 0.3) is 23.6 Å². The van der Waals surface area contributed by atoms with E-state index in [4.69, 9.17) is 61.5 Å². The van der Waals surface area contributed by atoms with Crippen molar-refractivity contribution < 1.29 is 76.7 Å². The molecule has 24 nitrogen and oxygen atoms in total. The van der Waals surface area contributed by atoms with E-state index in [9.17, 15) is 38.4 Å². The standard InChI is InChI=1S/C29H41ClN2O4.2C29H42N2O4.C26H35ClN2O4/c1-7-13-24-15-12-10-11-14-20(4)16-23(31-35-19-26(33)32(8-2)9-3)18-25-27(29(34)36-24)21(5)17-22(6)28(25)30;2*1-7-13-26-15-12-10-11-14-21(4)18-25(30-34-20-27(32)31(8-2)9-3)19-24-17-22(5)16-23(6)28(24)29(33)35-26;1-6-29(7-2)23(30)17-33-28-21-14-18(3)12-10-8-9-11-13-32-26(31)24-19(4)15-20(5)25(27)22(24)16-21/h10,12,16-17,24H,7-9,11,13-15,18-19H2,1-6H3;2*10,12,16-18,26H,7-9,11,13-15,19-20H2,1-6H3;8-9,14-15H,6-7,10-13,16-17H2,1-5H3/b12-10+,20-16+,31-23-;12-10+,21-18+,30-25+;12-10+,21-18+,30-25-;9-8+,18-14+,28-21+. The number of carbonyl (C=O) groups excluding carboxylic acids is 8. The van der Waals surface area contributed by atoms with Gasteiger partial charge in [-0.2, -0.15) is 0 Å². The Morgan fingerprint density at radius 1 is 0.331 bits per heavy atom. The first-order valence-corrected chi connectivity index (χ1v) is 51.0. The number of esters is 4. The number of oxime groups is 4. The number of fused-ring (bicyclic) bond motifs is 4. The first kappa shape index (κ1) is 119. The maximum Gasteiger partial charge on any atom is 0.339 e. The van der Waals surface area contributed by atoms with E-state index in [1.165, 1.54) is 11.1 Å². The maximum atomic E-state index is 13.4. The molecule has 139 heavy (non-hydrogen) atoms. The number of aryl methyl sites for hydroxylation is 8. The molecule has 4 aliphatic rings. The molecule has 8 rings (SSSR count). The predicted octanol–water partition coefficient (Wildman–Crippen LogP) is 24.5. The van der Waals surface area contributed by atoms with Crippen molar-refractivity contribution in [3.8, 4) is 0 Å².